The van der Waals surface area contributed by atoms with Gasteiger partial charge in [0.05, 0.1) is 19.7 Å². The maximum Gasteiger partial charge on any atom is 0.673 e. The first-order chi connectivity index (χ1) is 12.2. The highest BCUT2D eigenvalue weighted by Gasteiger charge is 2.46. The highest BCUT2D eigenvalue weighted by Crippen LogP contribution is 2.38. The monoisotopic (exact) mass is 396 g/mol. The standard InChI is InChI=1S/C17H31N3O2.BF4/c1-16(2)12-15(13-17(3,4)20(16)21)22-11-7-6-8-19-10-9-18(5)14-19;2-1(3,4)5/h9-10,14-15H,6-8,11-13H2,1-5H3;/q+1;-1. The second-order valence-electron chi connectivity index (χ2n) is 8.34. The molecule has 10 heteroatoms. The number of halogens is 4. The van der Waals surface area contributed by atoms with Crippen LogP contribution in [0.1, 0.15) is 53.4 Å². The van der Waals surface area contributed by atoms with Crippen LogP contribution < -0.4 is 4.57 Å². The molecule has 1 saturated heterocycles. The summed E-state index contributed by atoms with van der Waals surface area (Å²) in [6.07, 6.45) is 10.2. The molecular weight excluding hydrogens is 365 g/mol. The maximum absolute atomic E-state index is 12.3. The second kappa shape index (κ2) is 9.38. The van der Waals surface area contributed by atoms with Crippen LogP contribution in [0, 0.1) is 0 Å². The number of aromatic nitrogens is 2. The largest absolute Gasteiger partial charge is 0.673 e. The van der Waals surface area contributed by atoms with Crippen molar-refractivity contribution in [2.75, 3.05) is 6.61 Å². The topological polar surface area (TPSA) is 41.2 Å². The van der Waals surface area contributed by atoms with E-state index in [2.05, 4.69) is 27.9 Å². The fourth-order valence-electron chi connectivity index (χ4n) is 3.57. The third-order valence-electron chi connectivity index (χ3n) is 4.54. The lowest BCUT2D eigenvalue weighted by Crippen LogP contribution is -2.59. The Morgan fingerprint density at radius 1 is 1.11 bits per heavy atom. The molecule has 0 spiro atoms. The van der Waals surface area contributed by atoms with Crippen LogP contribution in [0.15, 0.2) is 18.7 Å². The quantitative estimate of drug-likeness (QED) is 0.318. The Bertz CT molecular complexity index is 555. The van der Waals surface area contributed by atoms with Crippen molar-refractivity contribution in [1.29, 1.82) is 0 Å². The van der Waals surface area contributed by atoms with E-state index in [1.807, 2.05) is 34.7 Å². The lowest BCUT2D eigenvalue weighted by atomic mass is 9.80. The SMILES string of the molecule is C[n+]1ccn(CCCCOC2CC(C)(C)N([O])C(C)(C)C2)c1.F[B-](F)(F)F. The molecule has 0 atom stereocenters. The Morgan fingerprint density at radius 2 is 1.63 bits per heavy atom. The average molecular weight is 396 g/mol. The predicted octanol–water partition coefficient (Wildman–Crippen LogP) is 3.78. The molecule has 2 heterocycles. The van der Waals surface area contributed by atoms with Crippen molar-refractivity contribution in [3.05, 3.63) is 18.7 Å². The molecule has 0 aromatic carbocycles. The van der Waals surface area contributed by atoms with Crippen molar-refractivity contribution >= 4 is 7.25 Å². The average Bonchev–Trinajstić information content (AvgIpc) is 2.87. The zero-order valence-electron chi connectivity index (χ0n) is 16.8. The van der Waals surface area contributed by atoms with E-state index < -0.39 is 7.25 Å². The van der Waals surface area contributed by atoms with Gasteiger partial charge in [-0.15, -0.1) is 10.3 Å². The summed E-state index contributed by atoms with van der Waals surface area (Å²) >= 11 is 0. The molecule has 1 aromatic heterocycles. The molecule has 1 aliphatic rings. The van der Waals surface area contributed by atoms with E-state index in [9.17, 15) is 22.5 Å². The van der Waals surface area contributed by atoms with Gasteiger partial charge in [0.2, 0.25) is 6.33 Å². The van der Waals surface area contributed by atoms with Gasteiger partial charge >= 0.3 is 7.25 Å². The summed E-state index contributed by atoms with van der Waals surface area (Å²) in [6, 6.07) is 0. The molecular formula is C17H31BF4N3O2. The van der Waals surface area contributed by atoms with Gasteiger partial charge in [-0.05, 0) is 53.4 Å². The Morgan fingerprint density at radius 3 is 2.07 bits per heavy atom. The molecule has 0 bridgehead atoms. The molecule has 1 fully saturated rings. The number of hydroxylamine groups is 2. The van der Waals surface area contributed by atoms with Crippen molar-refractivity contribution in [1.82, 2.24) is 9.63 Å². The molecule has 27 heavy (non-hydrogen) atoms. The number of hydrogen-bond donors (Lipinski definition) is 0. The minimum atomic E-state index is -6.00. The Labute approximate surface area is 159 Å². The highest BCUT2D eigenvalue weighted by molar-refractivity contribution is 6.50. The zero-order valence-corrected chi connectivity index (χ0v) is 16.8. The molecule has 0 unspecified atom stereocenters. The normalized spacial score (nSPS) is 20.2. The lowest BCUT2D eigenvalue weighted by Gasteiger charge is -2.49. The first-order valence-electron chi connectivity index (χ1n) is 9.18. The predicted molar refractivity (Wildman–Crippen MR) is 94.7 cm³/mol. The Kier molecular flexibility index (Phi) is 8.31. The fraction of sp³-hybridized carbons (Fsp3) is 0.824. The number of aryl methyl sites for hydroxylation is 2. The third kappa shape index (κ3) is 9.07. The summed E-state index contributed by atoms with van der Waals surface area (Å²) in [5.41, 5.74) is -0.682. The minimum absolute atomic E-state index is 0.194. The van der Waals surface area contributed by atoms with Gasteiger partial charge in [0.1, 0.15) is 12.4 Å². The van der Waals surface area contributed by atoms with Gasteiger partial charge in [0.25, 0.3) is 0 Å². The van der Waals surface area contributed by atoms with Crippen molar-refractivity contribution in [2.24, 2.45) is 7.05 Å². The highest BCUT2D eigenvalue weighted by atomic mass is 19.5. The van der Waals surface area contributed by atoms with Crippen LogP contribution in [0.3, 0.4) is 0 Å². The van der Waals surface area contributed by atoms with Gasteiger partial charge in [-0.1, -0.05) is 0 Å². The van der Waals surface area contributed by atoms with Gasteiger partial charge in [-0.2, -0.15) is 0 Å². The van der Waals surface area contributed by atoms with E-state index in [0.717, 1.165) is 38.8 Å². The molecule has 0 aliphatic carbocycles. The molecule has 1 aliphatic heterocycles. The van der Waals surface area contributed by atoms with E-state index in [-0.39, 0.29) is 17.2 Å². The molecule has 0 saturated carbocycles. The number of imidazole rings is 1. The zero-order chi connectivity index (χ0) is 20.9. The van der Waals surface area contributed by atoms with E-state index in [4.69, 9.17) is 4.74 Å². The van der Waals surface area contributed by atoms with Crippen molar-refractivity contribution < 1.29 is 31.8 Å². The van der Waals surface area contributed by atoms with E-state index in [0.29, 0.717) is 0 Å². The van der Waals surface area contributed by atoms with E-state index in [1.165, 1.54) is 5.06 Å². The Balaban J connectivity index is 0.000000646. The number of unbranched alkanes of at least 4 members (excludes halogenated alkanes) is 1. The molecule has 0 amide bonds. The molecule has 157 valence electrons. The summed E-state index contributed by atoms with van der Waals surface area (Å²) in [6.45, 7) is 9.88. The number of rotatable bonds is 6. The number of ether oxygens (including phenoxy) is 1. The van der Waals surface area contributed by atoms with Crippen LogP contribution in [0.5, 0.6) is 0 Å². The summed E-state index contributed by atoms with van der Waals surface area (Å²) < 4.78 is 49.3. The molecule has 0 N–H and O–H groups in total. The summed E-state index contributed by atoms with van der Waals surface area (Å²) in [7, 11) is -3.97. The summed E-state index contributed by atoms with van der Waals surface area (Å²) in [4.78, 5) is 0. The van der Waals surface area contributed by atoms with Gasteiger partial charge in [0.15, 0.2) is 0 Å². The van der Waals surface area contributed by atoms with E-state index >= 15 is 0 Å². The first-order valence-corrected chi connectivity index (χ1v) is 9.18. The van der Waals surface area contributed by atoms with Crippen LogP contribution in [-0.4, -0.2) is 40.7 Å². The fourth-order valence-corrected chi connectivity index (χ4v) is 3.57. The first kappa shape index (κ1) is 23.9. The lowest BCUT2D eigenvalue weighted by molar-refractivity contribution is -0.671. The van der Waals surface area contributed by atoms with Gasteiger partial charge in [-0.25, -0.2) is 9.13 Å². The molecule has 2 rings (SSSR count). The van der Waals surface area contributed by atoms with Crippen molar-refractivity contribution in [3.8, 4) is 0 Å². The number of piperidine rings is 1. The molecule has 1 aromatic rings. The number of hydrogen-bond acceptors (Lipinski definition) is 2. The van der Waals surface area contributed by atoms with Crippen LogP contribution >= 0.6 is 0 Å². The summed E-state index contributed by atoms with van der Waals surface area (Å²) in [5, 5.41) is 13.6. The van der Waals surface area contributed by atoms with Gasteiger partial charge in [0, 0.05) is 17.7 Å². The van der Waals surface area contributed by atoms with Gasteiger partial charge in [-0.3, -0.25) is 0 Å². The van der Waals surface area contributed by atoms with Crippen LogP contribution in [0.25, 0.3) is 0 Å². The molecule has 5 nitrogen and oxygen atoms in total. The maximum atomic E-state index is 12.3. The van der Waals surface area contributed by atoms with Crippen LogP contribution in [0.2, 0.25) is 0 Å². The Hall–Kier alpha value is -1.13. The third-order valence-corrected chi connectivity index (χ3v) is 4.54. The van der Waals surface area contributed by atoms with E-state index in [1.54, 1.807) is 0 Å². The second-order valence-corrected chi connectivity index (χ2v) is 8.34. The van der Waals surface area contributed by atoms with Gasteiger partial charge < -0.3 is 22.0 Å². The summed E-state index contributed by atoms with van der Waals surface area (Å²) in [5.74, 6) is 0. The van der Waals surface area contributed by atoms with Crippen molar-refractivity contribution in [3.63, 3.8) is 0 Å². The van der Waals surface area contributed by atoms with Crippen LogP contribution in [-0.2, 0) is 23.5 Å². The van der Waals surface area contributed by atoms with Crippen molar-refractivity contribution in [2.45, 2.75) is 77.1 Å². The smallest absolute Gasteiger partial charge is 0.418 e. The number of nitrogens with zero attached hydrogens (tertiary/aromatic N) is 3. The molecule has 1 radical (unpaired) electrons. The van der Waals surface area contributed by atoms with Crippen LogP contribution in [0.4, 0.5) is 17.3 Å². The minimum Gasteiger partial charge on any atom is -0.418 e.